The van der Waals surface area contributed by atoms with Crippen LogP contribution in [0.5, 0.6) is 0 Å². The first-order valence-electron chi connectivity index (χ1n) is 9.60. The highest BCUT2D eigenvalue weighted by Crippen LogP contribution is 2.31. The third-order valence-electron chi connectivity index (χ3n) is 4.97. The van der Waals surface area contributed by atoms with Gasteiger partial charge in [0, 0.05) is 22.0 Å². The van der Waals surface area contributed by atoms with E-state index in [1.165, 1.54) is 16.0 Å². The lowest BCUT2D eigenvalue weighted by Crippen LogP contribution is -2.62. The van der Waals surface area contributed by atoms with Gasteiger partial charge in [-0.1, -0.05) is 32.9 Å². The van der Waals surface area contributed by atoms with Crippen molar-refractivity contribution in [2.75, 3.05) is 5.75 Å². The SMILES string of the molecule is Cc1ccc(C(C)(C)C)cc1SCC(=O)NC1CC(C)(C)NC(C)(C)C1. The Hall–Kier alpha value is -1.00. The van der Waals surface area contributed by atoms with Gasteiger partial charge < -0.3 is 10.6 Å². The molecule has 3 nitrogen and oxygen atoms in total. The molecule has 1 aromatic carbocycles. The Kier molecular flexibility index (Phi) is 6.19. The maximum Gasteiger partial charge on any atom is 0.230 e. The summed E-state index contributed by atoms with van der Waals surface area (Å²) < 4.78 is 0. The highest BCUT2D eigenvalue weighted by molar-refractivity contribution is 8.00. The van der Waals surface area contributed by atoms with E-state index >= 15 is 0 Å². The molecule has 0 radical (unpaired) electrons. The number of carbonyl (C=O) groups excluding carboxylic acids is 1. The number of carbonyl (C=O) groups is 1. The fourth-order valence-corrected chi connectivity index (χ4v) is 4.94. The Bertz CT molecular complexity index is 643. The van der Waals surface area contributed by atoms with Gasteiger partial charge in [-0.05, 0) is 70.1 Å². The number of benzene rings is 1. The Morgan fingerprint density at radius 1 is 1.19 bits per heavy atom. The molecule has 146 valence electrons. The molecule has 2 rings (SSSR count). The zero-order valence-corrected chi connectivity index (χ0v) is 18.6. The van der Waals surface area contributed by atoms with E-state index in [1.54, 1.807) is 11.8 Å². The van der Waals surface area contributed by atoms with Crippen molar-refractivity contribution < 1.29 is 4.79 Å². The minimum Gasteiger partial charge on any atom is -0.353 e. The monoisotopic (exact) mass is 376 g/mol. The quantitative estimate of drug-likeness (QED) is 0.741. The number of nitrogens with one attached hydrogen (secondary N) is 2. The molecule has 1 aliphatic rings. The zero-order valence-electron chi connectivity index (χ0n) is 17.7. The fraction of sp³-hybridized carbons (Fsp3) is 0.682. The number of rotatable bonds is 4. The molecule has 0 aromatic heterocycles. The lowest BCUT2D eigenvalue weighted by atomic mass is 9.79. The van der Waals surface area contributed by atoms with E-state index in [9.17, 15) is 4.79 Å². The van der Waals surface area contributed by atoms with Crippen LogP contribution < -0.4 is 10.6 Å². The van der Waals surface area contributed by atoms with E-state index in [0.29, 0.717) is 5.75 Å². The minimum atomic E-state index is 0.0461. The number of aryl methyl sites for hydroxylation is 1. The van der Waals surface area contributed by atoms with Crippen LogP contribution in [0.1, 0.15) is 72.4 Å². The molecule has 0 bridgehead atoms. The summed E-state index contributed by atoms with van der Waals surface area (Å²) in [5.41, 5.74) is 2.76. The van der Waals surface area contributed by atoms with Crippen molar-refractivity contribution in [1.29, 1.82) is 0 Å². The maximum absolute atomic E-state index is 12.5. The summed E-state index contributed by atoms with van der Waals surface area (Å²) in [4.78, 5) is 13.8. The van der Waals surface area contributed by atoms with Crippen molar-refractivity contribution in [3.05, 3.63) is 29.3 Å². The smallest absolute Gasteiger partial charge is 0.230 e. The number of thioether (sulfide) groups is 1. The molecule has 0 spiro atoms. The molecule has 1 aliphatic heterocycles. The maximum atomic E-state index is 12.5. The predicted molar refractivity (Wildman–Crippen MR) is 113 cm³/mol. The summed E-state index contributed by atoms with van der Waals surface area (Å²) in [7, 11) is 0. The van der Waals surface area contributed by atoms with Crippen molar-refractivity contribution in [3.8, 4) is 0 Å². The predicted octanol–water partition coefficient (Wildman–Crippen LogP) is 4.81. The average Bonchev–Trinajstić information content (AvgIpc) is 2.41. The van der Waals surface area contributed by atoms with Crippen LogP contribution in [0.4, 0.5) is 0 Å². The molecule has 1 aromatic rings. The van der Waals surface area contributed by atoms with Crippen LogP contribution in [-0.4, -0.2) is 28.8 Å². The highest BCUT2D eigenvalue weighted by atomic mass is 32.2. The van der Waals surface area contributed by atoms with Gasteiger partial charge in [0.2, 0.25) is 5.91 Å². The molecule has 1 amide bonds. The van der Waals surface area contributed by atoms with Gasteiger partial charge >= 0.3 is 0 Å². The van der Waals surface area contributed by atoms with Gasteiger partial charge in [-0.3, -0.25) is 4.79 Å². The molecular weight excluding hydrogens is 340 g/mol. The van der Waals surface area contributed by atoms with E-state index in [1.807, 2.05) is 0 Å². The second-order valence-corrected chi connectivity index (χ2v) is 11.1. The van der Waals surface area contributed by atoms with E-state index in [2.05, 4.69) is 84.2 Å². The average molecular weight is 377 g/mol. The summed E-state index contributed by atoms with van der Waals surface area (Å²) in [6.45, 7) is 17.6. The van der Waals surface area contributed by atoms with Crippen LogP contribution in [0.2, 0.25) is 0 Å². The molecule has 1 fully saturated rings. The van der Waals surface area contributed by atoms with Crippen molar-refractivity contribution >= 4 is 17.7 Å². The van der Waals surface area contributed by atoms with Gasteiger partial charge in [0.15, 0.2) is 0 Å². The van der Waals surface area contributed by atoms with Gasteiger partial charge in [0.1, 0.15) is 0 Å². The van der Waals surface area contributed by atoms with Gasteiger partial charge in [-0.25, -0.2) is 0 Å². The van der Waals surface area contributed by atoms with Crippen LogP contribution in [0.3, 0.4) is 0 Å². The van der Waals surface area contributed by atoms with Gasteiger partial charge in [-0.15, -0.1) is 11.8 Å². The topological polar surface area (TPSA) is 41.1 Å². The Morgan fingerprint density at radius 3 is 2.31 bits per heavy atom. The fourth-order valence-electron chi connectivity index (χ4n) is 4.06. The summed E-state index contributed by atoms with van der Waals surface area (Å²) in [5.74, 6) is 0.605. The molecule has 0 aliphatic carbocycles. The normalized spacial score (nSPS) is 20.0. The number of hydrogen-bond acceptors (Lipinski definition) is 3. The summed E-state index contributed by atoms with van der Waals surface area (Å²) in [6, 6.07) is 6.83. The molecule has 0 unspecified atom stereocenters. The van der Waals surface area contributed by atoms with Gasteiger partial charge in [-0.2, -0.15) is 0 Å². The lowest BCUT2D eigenvalue weighted by Gasteiger charge is -2.46. The minimum absolute atomic E-state index is 0.0461. The van der Waals surface area contributed by atoms with E-state index in [4.69, 9.17) is 0 Å². The number of piperidine rings is 1. The van der Waals surface area contributed by atoms with E-state index in [-0.39, 0.29) is 28.4 Å². The summed E-state index contributed by atoms with van der Waals surface area (Å²) in [6.07, 6.45) is 1.93. The lowest BCUT2D eigenvalue weighted by molar-refractivity contribution is -0.119. The molecule has 1 saturated heterocycles. The molecule has 4 heteroatoms. The largest absolute Gasteiger partial charge is 0.353 e. The van der Waals surface area contributed by atoms with Crippen LogP contribution in [0.25, 0.3) is 0 Å². The number of hydrogen-bond donors (Lipinski definition) is 2. The van der Waals surface area contributed by atoms with Crippen molar-refractivity contribution in [2.24, 2.45) is 0 Å². The summed E-state index contributed by atoms with van der Waals surface area (Å²) >= 11 is 1.65. The van der Waals surface area contributed by atoms with Crippen LogP contribution in [-0.2, 0) is 10.2 Å². The van der Waals surface area contributed by atoms with Crippen molar-refractivity contribution in [1.82, 2.24) is 10.6 Å². The highest BCUT2D eigenvalue weighted by Gasteiger charge is 2.38. The third-order valence-corrected chi connectivity index (χ3v) is 6.13. The third kappa shape index (κ3) is 6.02. The second-order valence-electron chi connectivity index (χ2n) is 10.1. The van der Waals surface area contributed by atoms with Gasteiger partial charge in [0.05, 0.1) is 5.75 Å². The molecule has 0 atom stereocenters. The summed E-state index contributed by atoms with van der Waals surface area (Å²) in [5, 5.41) is 6.93. The molecule has 0 saturated carbocycles. The van der Waals surface area contributed by atoms with Crippen LogP contribution in [0.15, 0.2) is 23.1 Å². The Labute approximate surface area is 164 Å². The first-order valence-corrected chi connectivity index (χ1v) is 10.6. The molecule has 26 heavy (non-hydrogen) atoms. The van der Waals surface area contributed by atoms with Crippen LogP contribution >= 0.6 is 11.8 Å². The first-order chi connectivity index (χ1) is 11.8. The van der Waals surface area contributed by atoms with Crippen molar-refractivity contribution in [3.63, 3.8) is 0 Å². The molecular formula is C22H36N2OS. The Balaban J connectivity index is 1.97. The standard InChI is InChI=1S/C22H36N2OS/c1-15-9-10-16(20(2,3)4)11-18(15)26-14-19(25)23-17-12-21(5,6)24-22(7,8)13-17/h9-11,17,24H,12-14H2,1-8H3,(H,23,25). The molecule has 2 N–H and O–H groups in total. The van der Waals surface area contributed by atoms with E-state index < -0.39 is 0 Å². The van der Waals surface area contributed by atoms with Gasteiger partial charge in [0.25, 0.3) is 0 Å². The molecule has 1 heterocycles. The number of amides is 1. The van der Waals surface area contributed by atoms with Crippen molar-refractivity contribution in [2.45, 2.75) is 95.7 Å². The zero-order chi connectivity index (χ0) is 19.8. The first kappa shape index (κ1) is 21.3. The van der Waals surface area contributed by atoms with E-state index in [0.717, 1.165) is 12.8 Å². The second kappa shape index (κ2) is 7.55. The van der Waals surface area contributed by atoms with Crippen LogP contribution in [0, 0.1) is 6.92 Å². The Morgan fingerprint density at radius 2 is 1.77 bits per heavy atom.